The first-order chi connectivity index (χ1) is 8.72. The molecule has 18 heavy (non-hydrogen) atoms. The van der Waals surface area contributed by atoms with Crippen molar-refractivity contribution in [3.63, 3.8) is 0 Å². The lowest BCUT2D eigenvalue weighted by Gasteiger charge is -2.32. The highest BCUT2D eigenvalue weighted by Gasteiger charge is 2.29. The summed E-state index contributed by atoms with van der Waals surface area (Å²) in [6.45, 7) is 1.63. The number of rotatable bonds is 4. The van der Waals surface area contributed by atoms with Crippen LogP contribution in [-0.4, -0.2) is 31.0 Å². The number of ether oxygens (including phenoxy) is 1. The Morgan fingerprint density at radius 1 is 1.50 bits per heavy atom. The van der Waals surface area contributed by atoms with Crippen LogP contribution < -0.4 is 5.73 Å². The van der Waals surface area contributed by atoms with Crippen LogP contribution in [0.3, 0.4) is 0 Å². The first kappa shape index (κ1) is 13.5. The zero-order valence-electron chi connectivity index (χ0n) is 10.4. The van der Waals surface area contributed by atoms with E-state index in [9.17, 15) is 9.50 Å². The van der Waals surface area contributed by atoms with Crippen LogP contribution in [0, 0.1) is 11.7 Å². The molecule has 1 aromatic carbocycles. The zero-order valence-corrected chi connectivity index (χ0v) is 10.4. The fourth-order valence-electron chi connectivity index (χ4n) is 2.57. The SMILES string of the molecule is NCC(c1cccc(F)c1)C(O)C1CCCOC1. The summed E-state index contributed by atoms with van der Waals surface area (Å²) in [7, 11) is 0. The van der Waals surface area contributed by atoms with Gasteiger partial charge in [0.15, 0.2) is 0 Å². The molecule has 1 aliphatic heterocycles. The lowest BCUT2D eigenvalue weighted by molar-refractivity contribution is -0.0184. The minimum atomic E-state index is -0.572. The Labute approximate surface area is 107 Å². The molecular weight excluding hydrogens is 233 g/mol. The van der Waals surface area contributed by atoms with Crippen LogP contribution in [0.1, 0.15) is 24.3 Å². The van der Waals surface area contributed by atoms with Crippen LogP contribution in [-0.2, 0) is 4.74 Å². The predicted molar refractivity (Wildman–Crippen MR) is 67.7 cm³/mol. The maximum Gasteiger partial charge on any atom is 0.123 e. The van der Waals surface area contributed by atoms with Gasteiger partial charge in [-0.1, -0.05) is 12.1 Å². The standard InChI is InChI=1S/C14H20FNO2/c15-12-5-1-3-10(7-12)13(8-16)14(17)11-4-2-6-18-9-11/h1,3,5,7,11,13-14,17H,2,4,6,8-9,16H2. The van der Waals surface area contributed by atoms with Crippen molar-refractivity contribution in [1.29, 1.82) is 0 Å². The molecule has 1 heterocycles. The van der Waals surface area contributed by atoms with Gasteiger partial charge in [0.25, 0.3) is 0 Å². The number of benzene rings is 1. The van der Waals surface area contributed by atoms with Crippen LogP contribution in [0.2, 0.25) is 0 Å². The normalized spacial score (nSPS) is 23.6. The molecule has 0 aliphatic carbocycles. The zero-order chi connectivity index (χ0) is 13.0. The van der Waals surface area contributed by atoms with E-state index in [4.69, 9.17) is 10.5 Å². The lowest BCUT2D eigenvalue weighted by Crippen LogP contribution is -2.36. The van der Waals surface area contributed by atoms with Crippen molar-refractivity contribution >= 4 is 0 Å². The topological polar surface area (TPSA) is 55.5 Å². The minimum absolute atomic E-state index is 0.0931. The molecule has 2 rings (SSSR count). The summed E-state index contributed by atoms with van der Waals surface area (Å²) in [6.07, 6.45) is 1.33. The van der Waals surface area contributed by atoms with Gasteiger partial charge >= 0.3 is 0 Å². The van der Waals surface area contributed by atoms with Crippen molar-refractivity contribution in [2.45, 2.75) is 24.9 Å². The molecule has 1 saturated heterocycles. The Balaban J connectivity index is 2.11. The average Bonchev–Trinajstić information content (AvgIpc) is 2.40. The van der Waals surface area contributed by atoms with Gasteiger partial charge in [-0.2, -0.15) is 0 Å². The largest absolute Gasteiger partial charge is 0.392 e. The molecule has 0 amide bonds. The van der Waals surface area contributed by atoms with Gasteiger partial charge < -0.3 is 15.6 Å². The molecule has 1 aromatic rings. The third-order valence-corrected chi connectivity index (χ3v) is 3.62. The second-order valence-corrected chi connectivity index (χ2v) is 4.87. The monoisotopic (exact) mass is 253 g/mol. The van der Waals surface area contributed by atoms with E-state index in [2.05, 4.69) is 0 Å². The van der Waals surface area contributed by atoms with Crippen LogP contribution in [0.5, 0.6) is 0 Å². The number of halogens is 1. The molecule has 0 bridgehead atoms. The second kappa shape index (κ2) is 6.27. The molecule has 0 saturated carbocycles. The Kier molecular flexibility index (Phi) is 4.69. The molecule has 3 nitrogen and oxygen atoms in total. The Morgan fingerprint density at radius 3 is 2.94 bits per heavy atom. The Bertz CT molecular complexity index is 380. The van der Waals surface area contributed by atoms with Crippen molar-refractivity contribution in [2.75, 3.05) is 19.8 Å². The molecule has 4 heteroatoms. The fourth-order valence-corrected chi connectivity index (χ4v) is 2.57. The van der Waals surface area contributed by atoms with Gasteiger partial charge in [-0.15, -0.1) is 0 Å². The van der Waals surface area contributed by atoms with Gasteiger partial charge in [0.2, 0.25) is 0 Å². The summed E-state index contributed by atoms with van der Waals surface area (Å²) in [4.78, 5) is 0. The summed E-state index contributed by atoms with van der Waals surface area (Å²) in [5.74, 6) is -0.430. The molecule has 3 atom stereocenters. The molecule has 1 fully saturated rings. The van der Waals surface area contributed by atoms with Crippen LogP contribution in [0.4, 0.5) is 4.39 Å². The number of aliphatic hydroxyl groups is 1. The van der Waals surface area contributed by atoms with Gasteiger partial charge in [-0.05, 0) is 30.5 Å². The molecule has 1 aliphatic rings. The van der Waals surface area contributed by atoms with E-state index >= 15 is 0 Å². The van der Waals surface area contributed by atoms with Crippen molar-refractivity contribution in [1.82, 2.24) is 0 Å². The van der Waals surface area contributed by atoms with Crippen LogP contribution in [0.25, 0.3) is 0 Å². The van der Waals surface area contributed by atoms with Crippen LogP contribution in [0.15, 0.2) is 24.3 Å². The quantitative estimate of drug-likeness (QED) is 0.858. The highest BCUT2D eigenvalue weighted by molar-refractivity contribution is 5.22. The maximum absolute atomic E-state index is 13.2. The van der Waals surface area contributed by atoms with Gasteiger partial charge in [-0.3, -0.25) is 0 Å². The van der Waals surface area contributed by atoms with Crippen molar-refractivity contribution in [3.05, 3.63) is 35.6 Å². The number of aliphatic hydroxyl groups excluding tert-OH is 1. The Morgan fingerprint density at radius 2 is 2.33 bits per heavy atom. The molecule has 0 radical (unpaired) electrons. The molecule has 3 N–H and O–H groups in total. The third kappa shape index (κ3) is 3.07. The van der Waals surface area contributed by atoms with Gasteiger partial charge in [0, 0.05) is 25.0 Å². The highest BCUT2D eigenvalue weighted by Crippen LogP contribution is 2.28. The number of hydrogen-bond donors (Lipinski definition) is 2. The molecular formula is C14H20FNO2. The van der Waals surface area contributed by atoms with E-state index in [1.165, 1.54) is 12.1 Å². The lowest BCUT2D eigenvalue weighted by atomic mass is 9.83. The number of nitrogens with two attached hydrogens (primary N) is 1. The van der Waals surface area contributed by atoms with E-state index in [1.54, 1.807) is 6.07 Å². The third-order valence-electron chi connectivity index (χ3n) is 3.62. The first-order valence-electron chi connectivity index (χ1n) is 6.43. The summed E-state index contributed by atoms with van der Waals surface area (Å²) < 4.78 is 18.6. The molecule has 3 unspecified atom stereocenters. The van der Waals surface area contributed by atoms with Gasteiger partial charge in [0.1, 0.15) is 5.82 Å². The van der Waals surface area contributed by atoms with E-state index < -0.39 is 6.10 Å². The Hall–Kier alpha value is -0.970. The summed E-state index contributed by atoms with van der Waals surface area (Å²) in [5.41, 5.74) is 6.50. The van der Waals surface area contributed by atoms with E-state index in [0.717, 1.165) is 25.0 Å². The fraction of sp³-hybridized carbons (Fsp3) is 0.571. The smallest absolute Gasteiger partial charge is 0.123 e. The second-order valence-electron chi connectivity index (χ2n) is 4.87. The maximum atomic E-state index is 13.2. The van der Waals surface area contributed by atoms with Crippen molar-refractivity contribution in [3.8, 4) is 0 Å². The van der Waals surface area contributed by atoms with Gasteiger partial charge in [0.05, 0.1) is 12.7 Å². The van der Waals surface area contributed by atoms with E-state index in [-0.39, 0.29) is 17.7 Å². The van der Waals surface area contributed by atoms with E-state index in [0.29, 0.717) is 13.2 Å². The van der Waals surface area contributed by atoms with Crippen molar-refractivity contribution in [2.24, 2.45) is 11.7 Å². The highest BCUT2D eigenvalue weighted by atomic mass is 19.1. The summed E-state index contributed by atoms with van der Waals surface area (Å²) >= 11 is 0. The van der Waals surface area contributed by atoms with Crippen LogP contribution >= 0.6 is 0 Å². The molecule has 100 valence electrons. The number of hydrogen-bond acceptors (Lipinski definition) is 3. The van der Waals surface area contributed by atoms with Crippen molar-refractivity contribution < 1.29 is 14.2 Å². The van der Waals surface area contributed by atoms with Gasteiger partial charge in [-0.25, -0.2) is 4.39 Å². The first-order valence-corrected chi connectivity index (χ1v) is 6.43. The molecule has 0 spiro atoms. The predicted octanol–water partition coefficient (Wildman–Crippen LogP) is 1.66. The summed E-state index contributed by atoms with van der Waals surface area (Å²) in [5, 5.41) is 10.4. The summed E-state index contributed by atoms with van der Waals surface area (Å²) in [6, 6.07) is 6.31. The molecule has 0 aromatic heterocycles. The minimum Gasteiger partial charge on any atom is -0.392 e. The average molecular weight is 253 g/mol. The van der Waals surface area contributed by atoms with E-state index in [1.807, 2.05) is 6.07 Å².